The van der Waals surface area contributed by atoms with E-state index in [1.165, 1.54) is 18.2 Å². The molecule has 0 aliphatic rings. The summed E-state index contributed by atoms with van der Waals surface area (Å²) in [5, 5.41) is 21.4. The normalized spacial score (nSPS) is 10.6. The van der Waals surface area contributed by atoms with Gasteiger partial charge in [-0.25, -0.2) is 0 Å². The number of rotatable bonds is 8. The first kappa shape index (κ1) is 20.6. The molecule has 0 unspecified atom stereocenters. The van der Waals surface area contributed by atoms with Gasteiger partial charge in [0, 0.05) is 11.8 Å². The zero-order valence-electron chi connectivity index (χ0n) is 15.1. The Hall–Kier alpha value is -3.11. The Balaban J connectivity index is 1.49. The van der Waals surface area contributed by atoms with Crippen molar-refractivity contribution >= 4 is 40.6 Å². The molecule has 3 aromatic rings. The molecule has 1 aromatic heterocycles. The Morgan fingerprint density at radius 1 is 1.28 bits per heavy atom. The van der Waals surface area contributed by atoms with Crippen LogP contribution in [-0.2, 0) is 11.4 Å². The summed E-state index contributed by atoms with van der Waals surface area (Å²) in [7, 11) is 0. The number of nitrogens with one attached hydrogen (secondary N) is 1. The minimum absolute atomic E-state index is 0.00591. The molecular weight excluding hydrogens is 420 g/mol. The average molecular weight is 435 g/mol. The maximum atomic E-state index is 12.0. The molecule has 0 aliphatic carbocycles. The Morgan fingerprint density at radius 3 is 2.76 bits per heavy atom. The highest BCUT2D eigenvalue weighted by atomic mass is 35.5. The van der Waals surface area contributed by atoms with Crippen molar-refractivity contribution in [1.29, 1.82) is 0 Å². The number of carbonyl (C=O) groups is 1. The summed E-state index contributed by atoms with van der Waals surface area (Å²) in [6, 6.07) is 11.6. The third-order valence-corrected chi connectivity index (χ3v) is 4.72. The van der Waals surface area contributed by atoms with Crippen LogP contribution in [0.2, 0.25) is 5.02 Å². The number of ether oxygens (including phenoxy) is 1. The highest BCUT2D eigenvalue weighted by Gasteiger charge is 2.15. The molecule has 1 amide bonds. The summed E-state index contributed by atoms with van der Waals surface area (Å²) in [5.41, 5.74) is 1.11. The summed E-state index contributed by atoms with van der Waals surface area (Å²) >= 11 is 6.78. The number of aromatic nitrogens is 2. The zero-order valence-corrected chi connectivity index (χ0v) is 16.7. The minimum Gasteiger partial charge on any atom is -0.484 e. The topological polar surface area (TPSA) is 120 Å². The van der Waals surface area contributed by atoms with E-state index in [0.717, 1.165) is 17.3 Å². The van der Waals surface area contributed by atoms with Gasteiger partial charge in [-0.3, -0.25) is 14.9 Å². The second-order valence-electron chi connectivity index (χ2n) is 5.82. The fourth-order valence-electron chi connectivity index (χ4n) is 2.19. The van der Waals surface area contributed by atoms with Crippen molar-refractivity contribution in [2.75, 3.05) is 11.1 Å². The number of carbonyl (C=O) groups excluding carboxylic acids is 1. The number of hydrogen-bond donors (Lipinski definition) is 1. The van der Waals surface area contributed by atoms with Gasteiger partial charge in [0.05, 0.1) is 10.7 Å². The lowest BCUT2D eigenvalue weighted by Gasteiger charge is -2.04. The number of nitro benzene ring substituents is 1. The van der Waals surface area contributed by atoms with Gasteiger partial charge in [0.25, 0.3) is 16.8 Å². The van der Waals surface area contributed by atoms with Gasteiger partial charge in [-0.2, -0.15) is 0 Å². The molecule has 2 aromatic carbocycles. The quantitative estimate of drug-likeness (QED) is 0.317. The van der Waals surface area contributed by atoms with E-state index in [9.17, 15) is 14.9 Å². The number of nitrogens with zero attached hydrogens (tertiary/aromatic N) is 3. The number of halogens is 1. The fraction of sp³-hybridized carbons (Fsp3) is 0.167. The predicted molar refractivity (Wildman–Crippen MR) is 107 cm³/mol. The summed E-state index contributed by atoms with van der Waals surface area (Å²) in [6.07, 6.45) is 0. The minimum atomic E-state index is -0.620. The van der Waals surface area contributed by atoms with Crippen LogP contribution in [0.5, 0.6) is 5.75 Å². The van der Waals surface area contributed by atoms with E-state index in [0.29, 0.717) is 5.75 Å². The standard InChI is InChI=1S/C18H15ClN4O5S/c1-11-2-5-13(6-3-11)27-9-17-21-22-18(28-17)29-10-16(24)20-12-4-7-14(19)15(8-12)23(25)26/h2-8H,9-10H2,1H3,(H,20,24). The van der Waals surface area contributed by atoms with Crippen LogP contribution in [0, 0.1) is 17.0 Å². The van der Waals surface area contributed by atoms with E-state index in [-0.39, 0.29) is 45.8 Å². The highest BCUT2D eigenvalue weighted by Crippen LogP contribution is 2.27. The summed E-state index contributed by atoms with van der Waals surface area (Å²) in [4.78, 5) is 22.3. The summed E-state index contributed by atoms with van der Waals surface area (Å²) < 4.78 is 11.0. The lowest BCUT2D eigenvalue weighted by molar-refractivity contribution is -0.384. The van der Waals surface area contributed by atoms with Crippen molar-refractivity contribution < 1.29 is 18.9 Å². The van der Waals surface area contributed by atoms with Crippen molar-refractivity contribution in [3.63, 3.8) is 0 Å². The number of nitro groups is 1. The third-order valence-electron chi connectivity index (χ3n) is 3.58. The lowest BCUT2D eigenvalue weighted by Crippen LogP contribution is -2.14. The number of aryl methyl sites for hydroxylation is 1. The Morgan fingerprint density at radius 2 is 2.03 bits per heavy atom. The van der Waals surface area contributed by atoms with Crippen LogP contribution in [0.25, 0.3) is 0 Å². The Labute approximate surface area is 174 Å². The van der Waals surface area contributed by atoms with Gasteiger partial charge in [0.1, 0.15) is 10.8 Å². The predicted octanol–water partition coefficient (Wildman–Crippen LogP) is 4.25. The maximum Gasteiger partial charge on any atom is 0.289 e. The van der Waals surface area contributed by atoms with Crippen LogP contribution < -0.4 is 10.1 Å². The number of benzene rings is 2. The lowest BCUT2D eigenvalue weighted by atomic mass is 10.2. The van der Waals surface area contributed by atoms with E-state index in [2.05, 4.69) is 15.5 Å². The van der Waals surface area contributed by atoms with Gasteiger partial charge in [0.15, 0.2) is 6.61 Å². The Bertz CT molecular complexity index is 1030. The van der Waals surface area contributed by atoms with E-state index < -0.39 is 4.92 Å². The monoisotopic (exact) mass is 434 g/mol. The van der Waals surface area contributed by atoms with Crippen LogP contribution in [0.3, 0.4) is 0 Å². The molecule has 1 heterocycles. The third kappa shape index (κ3) is 5.93. The second kappa shape index (κ2) is 9.39. The molecule has 0 saturated heterocycles. The van der Waals surface area contributed by atoms with Crippen LogP contribution in [-0.4, -0.2) is 26.8 Å². The molecule has 3 rings (SSSR count). The molecule has 0 fully saturated rings. The molecule has 0 spiro atoms. The first-order valence-electron chi connectivity index (χ1n) is 8.29. The van der Waals surface area contributed by atoms with Gasteiger partial charge < -0.3 is 14.5 Å². The zero-order chi connectivity index (χ0) is 20.8. The number of hydrogen-bond acceptors (Lipinski definition) is 8. The van der Waals surface area contributed by atoms with Gasteiger partial charge >= 0.3 is 0 Å². The van der Waals surface area contributed by atoms with Gasteiger partial charge in [-0.15, -0.1) is 10.2 Å². The van der Waals surface area contributed by atoms with Crippen molar-refractivity contribution in [1.82, 2.24) is 10.2 Å². The number of amides is 1. The van der Waals surface area contributed by atoms with Crippen molar-refractivity contribution in [3.05, 3.63) is 69.1 Å². The largest absolute Gasteiger partial charge is 0.484 e. The van der Waals surface area contributed by atoms with E-state index in [1.807, 2.05) is 31.2 Å². The van der Waals surface area contributed by atoms with E-state index in [1.54, 1.807) is 0 Å². The summed E-state index contributed by atoms with van der Waals surface area (Å²) in [6.45, 7) is 2.09. The van der Waals surface area contributed by atoms with Crippen molar-refractivity contribution in [2.24, 2.45) is 0 Å². The van der Waals surface area contributed by atoms with Crippen molar-refractivity contribution in [2.45, 2.75) is 18.8 Å². The van der Waals surface area contributed by atoms with E-state index in [4.69, 9.17) is 20.8 Å². The molecule has 0 radical (unpaired) electrons. The molecule has 0 saturated carbocycles. The molecule has 9 nitrogen and oxygen atoms in total. The molecule has 0 aliphatic heterocycles. The van der Waals surface area contributed by atoms with E-state index >= 15 is 0 Å². The smallest absolute Gasteiger partial charge is 0.289 e. The van der Waals surface area contributed by atoms with Crippen LogP contribution in [0.15, 0.2) is 52.1 Å². The fourth-order valence-corrected chi connectivity index (χ4v) is 2.96. The Kier molecular flexibility index (Phi) is 6.68. The summed E-state index contributed by atoms with van der Waals surface area (Å²) in [5.74, 6) is 0.556. The van der Waals surface area contributed by atoms with Gasteiger partial charge in [-0.1, -0.05) is 41.1 Å². The van der Waals surface area contributed by atoms with Crippen LogP contribution >= 0.6 is 23.4 Å². The van der Waals surface area contributed by atoms with Crippen LogP contribution in [0.1, 0.15) is 11.5 Å². The second-order valence-corrected chi connectivity index (χ2v) is 7.16. The number of anilines is 1. The SMILES string of the molecule is Cc1ccc(OCc2nnc(SCC(=O)Nc3ccc(Cl)c([N+](=O)[O-])c3)o2)cc1. The molecular formula is C18H15ClN4O5S. The number of thioether (sulfide) groups is 1. The van der Waals surface area contributed by atoms with Crippen molar-refractivity contribution in [3.8, 4) is 5.75 Å². The van der Waals surface area contributed by atoms with Gasteiger partial charge in [0.2, 0.25) is 5.91 Å². The molecule has 29 heavy (non-hydrogen) atoms. The molecule has 150 valence electrons. The molecule has 11 heteroatoms. The van der Waals surface area contributed by atoms with Crippen LogP contribution in [0.4, 0.5) is 11.4 Å². The molecule has 1 N–H and O–H groups in total. The average Bonchev–Trinajstić information content (AvgIpc) is 3.15. The molecule has 0 bridgehead atoms. The highest BCUT2D eigenvalue weighted by molar-refractivity contribution is 7.99. The first-order valence-corrected chi connectivity index (χ1v) is 9.65. The van der Waals surface area contributed by atoms with Gasteiger partial charge in [-0.05, 0) is 31.2 Å². The molecule has 0 atom stereocenters. The maximum absolute atomic E-state index is 12.0. The first-order chi connectivity index (χ1) is 13.9.